The van der Waals surface area contributed by atoms with E-state index >= 15 is 0 Å². The van der Waals surface area contributed by atoms with E-state index in [9.17, 15) is 4.79 Å². The molecule has 68 valence electrons. The van der Waals surface area contributed by atoms with E-state index in [-0.39, 0.29) is 11.2 Å². The maximum absolute atomic E-state index is 11.6. The minimum absolute atomic E-state index is 0.285. The van der Waals surface area contributed by atoms with Crippen molar-refractivity contribution in [3.05, 3.63) is 29.3 Å². The molecule has 0 unspecified atom stereocenters. The highest BCUT2D eigenvalue weighted by atomic mass is 16.1. The third-order valence-corrected chi connectivity index (χ3v) is 2.85. The molecule has 0 radical (unpaired) electrons. The van der Waals surface area contributed by atoms with Crippen LogP contribution < -0.4 is 5.73 Å². The molecule has 0 aliphatic heterocycles. The largest absolute Gasteiger partial charge is 0.399 e. The summed E-state index contributed by atoms with van der Waals surface area (Å²) in [5.74, 6) is 0.285. The van der Waals surface area contributed by atoms with Gasteiger partial charge in [-0.3, -0.25) is 4.79 Å². The topological polar surface area (TPSA) is 43.1 Å². The van der Waals surface area contributed by atoms with Crippen LogP contribution in [0.3, 0.4) is 0 Å². The predicted molar refractivity (Wildman–Crippen MR) is 52.6 cm³/mol. The summed E-state index contributed by atoms with van der Waals surface area (Å²) in [6.45, 7) is 3.94. The molecule has 1 aliphatic carbocycles. The Hall–Kier alpha value is -1.31. The van der Waals surface area contributed by atoms with Crippen molar-refractivity contribution in [2.75, 3.05) is 5.73 Å². The van der Waals surface area contributed by atoms with Crippen LogP contribution in [-0.4, -0.2) is 5.78 Å². The lowest BCUT2D eigenvalue weighted by molar-refractivity contribution is -0.121. The molecular weight excluding hydrogens is 162 g/mol. The van der Waals surface area contributed by atoms with Crippen molar-refractivity contribution in [3.63, 3.8) is 0 Å². The first-order chi connectivity index (χ1) is 6.01. The summed E-state index contributed by atoms with van der Waals surface area (Å²) in [5, 5.41) is 0. The third kappa shape index (κ3) is 1.05. The van der Waals surface area contributed by atoms with Gasteiger partial charge >= 0.3 is 0 Å². The molecule has 13 heavy (non-hydrogen) atoms. The summed E-state index contributed by atoms with van der Waals surface area (Å²) in [6, 6.07) is 5.73. The summed E-state index contributed by atoms with van der Waals surface area (Å²) in [6.07, 6.45) is 0.535. The smallest absolute Gasteiger partial charge is 0.147 e. The first-order valence-electron chi connectivity index (χ1n) is 4.44. The van der Waals surface area contributed by atoms with Gasteiger partial charge in [0.25, 0.3) is 0 Å². The molecule has 0 bridgehead atoms. The number of rotatable bonds is 0. The molecule has 2 heteroatoms. The van der Waals surface area contributed by atoms with Crippen molar-refractivity contribution >= 4 is 11.5 Å². The van der Waals surface area contributed by atoms with Crippen molar-refractivity contribution < 1.29 is 4.79 Å². The van der Waals surface area contributed by atoms with E-state index in [1.165, 1.54) is 0 Å². The normalized spacial score (nSPS) is 18.8. The van der Waals surface area contributed by atoms with Gasteiger partial charge in [-0.2, -0.15) is 0 Å². The van der Waals surface area contributed by atoms with Gasteiger partial charge in [-0.05, 0) is 37.1 Å². The van der Waals surface area contributed by atoms with E-state index in [0.717, 1.165) is 16.8 Å². The number of carbonyl (C=O) groups is 1. The average molecular weight is 175 g/mol. The van der Waals surface area contributed by atoms with Crippen LogP contribution in [0.5, 0.6) is 0 Å². The van der Waals surface area contributed by atoms with Gasteiger partial charge in [0.15, 0.2) is 0 Å². The van der Waals surface area contributed by atoms with Gasteiger partial charge in [0.05, 0.1) is 0 Å². The van der Waals surface area contributed by atoms with Gasteiger partial charge < -0.3 is 5.73 Å². The zero-order chi connectivity index (χ0) is 9.64. The zero-order valence-corrected chi connectivity index (χ0v) is 7.92. The molecule has 1 aliphatic rings. The van der Waals surface area contributed by atoms with E-state index in [2.05, 4.69) is 0 Å². The summed E-state index contributed by atoms with van der Waals surface area (Å²) in [7, 11) is 0. The highest BCUT2D eigenvalue weighted by Gasteiger charge is 2.37. The van der Waals surface area contributed by atoms with Crippen molar-refractivity contribution in [2.24, 2.45) is 0 Å². The van der Waals surface area contributed by atoms with Gasteiger partial charge in [0.2, 0.25) is 0 Å². The quantitative estimate of drug-likeness (QED) is 0.609. The van der Waals surface area contributed by atoms with Gasteiger partial charge in [0, 0.05) is 17.5 Å². The first-order valence-corrected chi connectivity index (χ1v) is 4.44. The molecule has 1 aromatic rings. The second-order valence-electron chi connectivity index (χ2n) is 4.14. The van der Waals surface area contributed by atoms with Crippen LogP contribution >= 0.6 is 0 Å². The minimum Gasteiger partial charge on any atom is -0.399 e. The van der Waals surface area contributed by atoms with Crippen LogP contribution in [0.2, 0.25) is 0 Å². The Bertz CT molecular complexity index is 380. The van der Waals surface area contributed by atoms with Gasteiger partial charge in [-0.1, -0.05) is 6.07 Å². The van der Waals surface area contributed by atoms with E-state index in [0.29, 0.717) is 6.42 Å². The Morgan fingerprint density at radius 2 is 2.08 bits per heavy atom. The SMILES string of the molecule is CC1(C)C(=O)Cc2cc(N)ccc21. The summed E-state index contributed by atoms with van der Waals surface area (Å²) < 4.78 is 0. The van der Waals surface area contributed by atoms with Crippen molar-refractivity contribution in [3.8, 4) is 0 Å². The molecule has 0 saturated carbocycles. The molecule has 0 amide bonds. The van der Waals surface area contributed by atoms with Gasteiger partial charge in [-0.25, -0.2) is 0 Å². The lowest BCUT2D eigenvalue weighted by atomic mass is 9.86. The number of anilines is 1. The Labute approximate surface area is 77.8 Å². The van der Waals surface area contributed by atoms with Crippen LogP contribution in [0.15, 0.2) is 18.2 Å². The number of fused-ring (bicyclic) bond motifs is 1. The molecule has 0 aromatic heterocycles. The van der Waals surface area contributed by atoms with Crippen molar-refractivity contribution in [1.82, 2.24) is 0 Å². The van der Waals surface area contributed by atoms with Crippen LogP contribution in [0, 0.1) is 0 Å². The molecular formula is C11H13NO. The second kappa shape index (κ2) is 2.34. The summed E-state index contributed by atoms with van der Waals surface area (Å²) in [5.41, 5.74) is 8.30. The monoisotopic (exact) mass is 175 g/mol. The maximum Gasteiger partial charge on any atom is 0.147 e. The molecule has 0 saturated heterocycles. The Morgan fingerprint density at radius 1 is 1.38 bits per heavy atom. The Balaban J connectivity index is 2.62. The van der Waals surface area contributed by atoms with Crippen LogP contribution in [0.25, 0.3) is 0 Å². The number of benzene rings is 1. The number of ketones is 1. The number of hydrogen-bond donors (Lipinski definition) is 1. The van der Waals surface area contributed by atoms with Crippen LogP contribution in [0.1, 0.15) is 25.0 Å². The molecule has 0 spiro atoms. The third-order valence-electron chi connectivity index (χ3n) is 2.85. The Morgan fingerprint density at radius 3 is 2.77 bits per heavy atom. The Kier molecular flexibility index (Phi) is 1.50. The number of hydrogen-bond acceptors (Lipinski definition) is 2. The average Bonchev–Trinajstić information content (AvgIpc) is 2.23. The molecule has 1 aromatic carbocycles. The molecule has 2 N–H and O–H groups in total. The van der Waals surface area contributed by atoms with E-state index in [1.807, 2.05) is 32.0 Å². The molecule has 0 heterocycles. The predicted octanol–water partition coefficient (Wildman–Crippen LogP) is 1.67. The fraction of sp³-hybridized carbons (Fsp3) is 0.364. The fourth-order valence-corrected chi connectivity index (χ4v) is 1.91. The number of nitrogens with two attached hydrogens (primary N) is 1. The second-order valence-corrected chi connectivity index (χ2v) is 4.14. The lowest BCUT2D eigenvalue weighted by Gasteiger charge is -2.16. The standard InChI is InChI=1S/C11H13NO/c1-11(2)9-4-3-8(12)5-7(9)6-10(11)13/h3-5H,6,12H2,1-2H3. The maximum atomic E-state index is 11.6. The van der Waals surface area contributed by atoms with Crippen molar-refractivity contribution in [1.29, 1.82) is 0 Å². The molecule has 0 fully saturated rings. The van der Waals surface area contributed by atoms with E-state index < -0.39 is 0 Å². The van der Waals surface area contributed by atoms with Crippen LogP contribution in [0.4, 0.5) is 5.69 Å². The highest BCUT2D eigenvalue weighted by Crippen LogP contribution is 2.36. The first kappa shape index (κ1) is 8.30. The van der Waals surface area contributed by atoms with Crippen LogP contribution in [-0.2, 0) is 16.6 Å². The summed E-state index contributed by atoms with van der Waals surface area (Å²) >= 11 is 0. The number of nitrogen functional groups attached to an aromatic ring is 1. The van der Waals surface area contributed by atoms with Gasteiger partial charge in [0.1, 0.15) is 5.78 Å². The van der Waals surface area contributed by atoms with E-state index in [1.54, 1.807) is 0 Å². The molecule has 0 atom stereocenters. The van der Waals surface area contributed by atoms with E-state index in [4.69, 9.17) is 5.73 Å². The highest BCUT2D eigenvalue weighted by molar-refractivity contribution is 5.96. The summed E-state index contributed by atoms with van der Waals surface area (Å²) in [4.78, 5) is 11.6. The van der Waals surface area contributed by atoms with Gasteiger partial charge in [-0.15, -0.1) is 0 Å². The number of carbonyl (C=O) groups excluding carboxylic acids is 1. The minimum atomic E-state index is -0.316. The zero-order valence-electron chi connectivity index (χ0n) is 7.92. The fourth-order valence-electron chi connectivity index (χ4n) is 1.91. The molecule has 2 nitrogen and oxygen atoms in total. The van der Waals surface area contributed by atoms with Crippen molar-refractivity contribution in [2.45, 2.75) is 25.7 Å². The number of Topliss-reactive ketones (excluding diaryl/α,β-unsaturated/α-hetero) is 1. The lowest BCUT2D eigenvalue weighted by Crippen LogP contribution is -2.23. The molecule has 2 rings (SSSR count).